The van der Waals surface area contributed by atoms with E-state index < -0.39 is 0 Å². The minimum Gasteiger partial charge on any atom is -0.330 e. The first-order valence-corrected chi connectivity index (χ1v) is 7.02. The van der Waals surface area contributed by atoms with Gasteiger partial charge in [-0.1, -0.05) is 19.3 Å². The molecule has 0 aliphatic heterocycles. The van der Waals surface area contributed by atoms with Crippen molar-refractivity contribution in [3.63, 3.8) is 0 Å². The Morgan fingerprint density at radius 1 is 0.812 bits per heavy atom. The molecule has 0 aromatic heterocycles. The fraction of sp³-hybridized carbons (Fsp3) is 1.00. The van der Waals surface area contributed by atoms with Gasteiger partial charge < -0.3 is 16.4 Å². The number of nitrogens with zero attached hydrogens (tertiary/aromatic N) is 1. The molecule has 0 unspecified atom stereocenters. The fourth-order valence-electron chi connectivity index (χ4n) is 2.68. The Bertz CT molecular complexity index is 155. The molecule has 0 spiro atoms. The van der Waals surface area contributed by atoms with E-state index in [1.165, 1.54) is 51.6 Å². The van der Waals surface area contributed by atoms with Crippen molar-refractivity contribution < 1.29 is 0 Å². The van der Waals surface area contributed by atoms with E-state index in [-0.39, 0.29) is 0 Å². The second-order valence-corrected chi connectivity index (χ2v) is 4.97. The summed E-state index contributed by atoms with van der Waals surface area (Å²) in [6, 6.07) is 0.832. The zero-order valence-electron chi connectivity index (χ0n) is 10.7. The van der Waals surface area contributed by atoms with E-state index in [0.717, 1.165) is 32.0 Å². The molecule has 4 N–H and O–H groups in total. The van der Waals surface area contributed by atoms with Crippen molar-refractivity contribution in [2.24, 2.45) is 11.5 Å². The minimum atomic E-state index is 0.820. The molecule has 3 nitrogen and oxygen atoms in total. The Morgan fingerprint density at radius 3 is 2.06 bits per heavy atom. The Labute approximate surface area is 101 Å². The molecule has 0 bridgehead atoms. The van der Waals surface area contributed by atoms with Crippen LogP contribution in [0.15, 0.2) is 0 Å². The Morgan fingerprint density at radius 2 is 1.44 bits per heavy atom. The molecule has 0 aromatic rings. The molecule has 1 fully saturated rings. The van der Waals surface area contributed by atoms with Crippen LogP contribution in [-0.2, 0) is 0 Å². The molecule has 0 aromatic carbocycles. The summed E-state index contributed by atoms with van der Waals surface area (Å²) in [6.45, 7) is 4.06. The van der Waals surface area contributed by atoms with Crippen LogP contribution in [0.5, 0.6) is 0 Å². The molecule has 0 amide bonds. The van der Waals surface area contributed by atoms with Gasteiger partial charge in [0.05, 0.1) is 0 Å². The van der Waals surface area contributed by atoms with Crippen LogP contribution in [-0.4, -0.2) is 37.1 Å². The van der Waals surface area contributed by atoms with Gasteiger partial charge in [-0.2, -0.15) is 0 Å². The van der Waals surface area contributed by atoms with Crippen molar-refractivity contribution in [3.05, 3.63) is 0 Å². The van der Waals surface area contributed by atoms with Crippen molar-refractivity contribution >= 4 is 0 Å². The maximum Gasteiger partial charge on any atom is 0.00952 e. The largest absolute Gasteiger partial charge is 0.330 e. The molecule has 1 aliphatic carbocycles. The van der Waals surface area contributed by atoms with Gasteiger partial charge in [0.2, 0.25) is 0 Å². The van der Waals surface area contributed by atoms with E-state index in [4.69, 9.17) is 11.5 Å². The van der Waals surface area contributed by atoms with Gasteiger partial charge in [-0.05, 0) is 58.3 Å². The summed E-state index contributed by atoms with van der Waals surface area (Å²) in [6.07, 6.45) is 10.6. The lowest BCUT2D eigenvalue weighted by atomic mass is 9.94. The van der Waals surface area contributed by atoms with E-state index in [1.54, 1.807) is 0 Å². The highest BCUT2D eigenvalue weighted by molar-refractivity contribution is 4.76. The molecule has 0 radical (unpaired) electrons. The average molecular weight is 227 g/mol. The summed E-state index contributed by atoms with van der Waals surface area (Å²) in [5, 5.41) is 0. The van der Waals surface area contributed by atoms with Crippen LogP contribution in [0.1, 0.15) is 51.4 Å². The topological polar surface area (TPSA) is 55.3 Å². The predicted octanol–water partition coefficient (Wildman–Crippen LogP) is 1.71. The summed E-state index contributed by atoms with van der Waals surface area (Å²) in [5.74, 6) is 0. The highest BCUT2D eigenvalue weighted by Gasteiger charge is 2.19. The van der Waals surface area contributed by atoms with Gasteiger partial charge in [-0.15, -0.1) is 0 Å². The molecular formula is C13H29N3. The lowest BCUT2D eigenvalue weighted by Crippen LogP contribution is -2.39. The Hall–Kier alpha value is -0.120. The number of unbranched alkanes of at least 4 members (excludes halogenated alkanes) is 1. The van der Waals surface area contributed by atoms with E-state index >= 15 is 0 Å². The fourth-order valence-corrected chi connectivity index (χ4v) is 2.68. The van der Waals surface area contributed by atoms with Crippen molar-refractivity contribution in [2.75, 3.05) is 26.2 Å². The molecule has 0 saturated heterocycles. The summed E-state index contributed by atoms with van der Waals surface area (Å²) in [5.41, 5.74) is 11.2. The van der Waals surface area contributed by atoms with Crippen LogP contribution in [0, 0.1) is 0 Å². The molecule has 1 aliphatic rings. The van der Waals surface area contributed by atoms with Gasteiger partial charge in [0.25, 0.3) is 0 Å². The SMILES string of the molecule is NCCCCN(CCCN)C1CCCCC1. The first-order valence-electron chi connectivity index (χ1n) is 7.02. The van der Waals surface area contributed by atoms with Gasteiger partial charge in [-0.3, -0.25) is 0 Å². The summed E-state index contributed by atoms with van der Waals surface area (Å²) in [4.78, 5) is 2.67. The van der Waals surface area contributed by atoms with Crippen LogP contribution in [0.4, 0.5) is 0 Å². The van der Waals surface area contributed by atoms with Gasteiger partial charge in [0.15, 0.2) is 0 Å². The zero-order valence-corrected chi connectivity index (χ0v) is 10.7. The summed E-state index contributed by atoms with van der Waals surface area (Å²) < 4.78 is 0. The monoisotopic (exact) mass is 227 g/mol. The second-order valence-electron chi connectivity index (χ2n) is 4.97. The quantitative estimate of drug-likeness (QED) is 0.621. The molecule has 1 rings (SSSR count). The molecule has 0 atom stereocenters. The van der Waals surface area contributed by atoms with Crippen LogP contribution in [0.2, 0.25) is 0 Å². The van der Waals surface area contributed by atoms with Crippen LogP contribution >= 0.6 is 0 Å². The third-order valence-electron chi connectivity index (χ3n) is 3.64. The van der Waals surface area contributed by atoms with Crippen molar-refractivity contribution in [3.8, 4) is 0 Å². The number of rotatable bonds is 8. The number of nitrogens with two attached hydrogens (primary N) is 2. The third kappa shape index (κ3) is 5.28. The van der Waals surface area contributed by atoms with Crippen molar-refractivity contribution in [1.82, 2.24) is 4.90 Å². The maximum atomic E-state index is 5.61. The van der Waals surface area contributed by atoms with E-state index in [0.29, 0.717) is 0 Å². The molecule has 16 heavy (non-hydrogen) atoms. The normalized spacial score (nSPS) is 18.2. The average Bonchev–Trinajstić information content (AvgIpc) is 2.35. The molecule has 3 heteroatoms. The van der Waals surface area contributed by atoms with Crippen LogP contribution in [0.3, 0.4) is 0 Å². The lowest BCUT2D eigenvalue weighted by Gasteiger charge is -2.34. The van der Waals surface area contributed by atoms with Crippen molar-refractivity contribution in [2.45, 2.75) is 57.4 Å². The molecule has 0 heterocycles. The van der Waals surface area contributed by atoms with E-state index in [9.17, 15) is 0 Å². The van der Waals surface area contributed by atoms with E-state index in [1.807, 2.05) is 0 Å². The van der Waals surface area contributed by atoms with Gasteiger partial charge in [0, 0.05) is 6.04 Å². The number of hydrogen-bond donors (Lipinski definition) is 2. The van der Waals surface area contributed by atoms with Crippen LogP contribution < -0.4 is 11.5 Å². The first kappa shape index (κ1) is 13.9. The van der Waals surface area contributed by atoms with Crippen LogP contribution in [0.25, 0.3) is 0 Å². The highest BCUT2D eigenvalue weighted by atomic mass is 15.1. The minimum absolute atomic E-state index is 0.820. The zero-order chi connectivity index (χ0) is 11.6. The van der Waals surface area contributed by atoms with Crippen molar-refractivity contribution in [1.29, 1.82) is 0 Å². The predicted molar refractivity (Wildman–Crippen MR) is 70.4 cm³/mol. The summed E-state index contributed by atoms with van der Waals surface area (Å²) in [7, 11) is 0. The smallest absolute Gasteiger partial charge is 0.00952 e. The standard InChI is InChI=1S/C13H29N3/c14-9-4-5-11-16(12-6-10-15)13-7-2-1-3-8-13/h13H,1-12,14-15H2. The first-order chi connectivity index (χ1) is 7.88. The summed E-state index contributed by atoms with van der Waals surface area (Å²) >= 11 is 0. The molecule has 96 valence electrons. The highest BCUT2D eigenvalue weighted by Crippen LogP contribution is 2.22. The van der Waals surface area contributed by atoms with E-state index in [2.05, 4.69) is 4.90 Å². The van der Waals surface area contributed by atoms with Gasteiger partial charge >= 0.3 is 0 Å². The van der Waals surface area contributed by atoms with Gasteiger partial charge in [-0.25, -0.2) is 0 Å². The Kier molecular flexibility index (Phi) is 7.81. The second kappa shape index (κ2) is 8.97. The molecular weight excluding hydrogens is 198 g/mol. The Balaban J connectivity index is 2.28. The molecule has 1 saturated carbocycles. The lowest BCUT2D eigenvalue weighted by molar-refractivity contribution is 0.152. The third-order valence-corrected chi connectivity index (χ3v) is 3.64. The number of hydrogen-bond acceptors (Lipinski definition) is 3. The maximum absolute atomic E-state index is 5.61. The van der Waals surface area contributed by atoms with Gasteiger partial charge in [0.1, 0.15) is 0 Å².